The van der Waals surface area contributed by atoms with Crippen LogP contribution < -0.4 is 0 Å². The predicted octanol–water partition coefficient (Wildman–Crippen LogP) is 2.61. The van der Waals surface area contributed by atoms with E-state index in [1.807, 2.05) is 75.9 Å². The van der Waals surface area contributed by atoms with Crippen LogP contribution in [0.3, 0.4) is 0 Å². The smallest absolute Gasteiger partial charge is 0.128 e. The Labute approximate surface area is 119 Å². The van der Waals surface area contributed by atoms with Crippen molar-refractivity contribution in [1.29, 1.82) is 0 Å². The van der Waals surface area contributed by atoms with Crippen molar-refractivity contribution in [2.45, 2.75) is 31.3 Å². The van der Waals surface area contributed by atoms with Crippen LogP contribution in [0.25, 0.3) is 0 Å². The van der Waals surface area contributed by atoms with E-state index in [0.717, 1.165) is 0 Å². The van der Waals surface area contributed by atoms with Crippen molar-refractivity contribution in [2.24, 2.45) is 0 Å². The van der Waals surface area contributed by atoms with Gasteiger partial charge in [-0.05, 0) is 6.92 Å². The molecule has 4 atom stereocenters. The van der Waals surface area contributed by atoms with Crippen LogP contribution in [0.15, 0.2) is 0 Å². The monoisotopic (exact) mass is 526 g/mol. The van der Waals surface area contributed by atoms with Gasteiger partial charge in [0.05, 0.1) is 12.7 Å². The molecule has 0 aromatic heterocycles. The maximum Gasteiger partial charge on any atom is 0.128 e. The van der Waals surface area contributed by atoms with Gasteiger partial charge in [0, 0.05) is 0 Å². The SMILES string of the molecule is C[C@@H]1O[C@H](COI)C(OI)C1OI. The van der Waals surface area contributed by atoms with Crippen LogP contribution >= 0.6 is 69.0 Å². The highest BCUT2D eigenvalue weighted by Gasteiger charge is 2.44. The number of rotatable bonds is 4. The van der Waals surface area contributed by atoms with Gasteiger partial charge in [0.15, 0.2) is 0 Å². The van der Waals surface area contributed by atoms with Crippen LogP contribution in [0.5, 0.6) is 0 Å². The van der Waals surface area contributed by atoms with E-state index >= 15 is 0 Å². The van der Waals surface area contributed by atoms with E-state index in [2.05, 4.69) is 0 Å². The first kappa shape index (κ1) is 13.1. The lowest BCUT2D eigenvalue weighted by molar-refractivity contribution is 0.0102. The van der Waals surface area contributed by atoms with Gasteiger partial charge in [0.25, 0.3) is 0 Å². The molecule has 78 valence electrons. The number of ether oxygens (including phenoxy) is 1. The molecule has 1 saturated heterocycles. The molecule has 1 rings (SSSR count). The summed E-state index contributed by atoms with van der Waals surface area (Å²) in [6.07, 6.45) is -0.0619. The summed E-state index contributed by atoms with van der Waals surface area (Å²) in [6, 6.07) is 0. The second kappa shape index (κ2) is 6.58. The van der Waals surface area contributed by atoms with E-state index in [1.54, 1.807) is 0 Å². The molecule has 1 aliphatic rings. The molecule has 7 heteroatoms. The molecule has 0 aromatic carbocycles. The zero-order valence-corrected chi connectivity index (χ0v) is 13.3. The lowest BCUT2D eigenvalue weighted by Gasteiger charge is -2.17. The van der Waals surface area contributed by atoms with E-state index in [1.165, 1.54) is 0 Å². The highest BCUT2D eigenvalue weighted by molar-refractivity contribution is 14.1. The third-order valence-corrected chi connectivity index (χ3v) is 3.51. The molecule has 0 bridgehead atoms. The largest absolute Gasteiger partial charge is 0.367 e. The Morgan fingerprint density at radius 2 is 1.77 bits per heavy atom. The van der Waals surface area contributed by atoms with Crippen LogP contribution in [-0.2, 0) is 13.9 Å². The van der Waals surface area contributed by atoms with Gasteiger partial charge in [0.1, 0.15) is 87.3 Å². The summed E-state index contributed by atoms with van der Waals surface area (Å²) in [7, 11) is 0. The fraction of sp³-hybridized carbons (Fsp3) is 1.00. The lowest BCUT2D eigenvalue weighted by Crippen LogP contribution is -2.34. The first-order valence-corrected chi connectivity index (χ1v) is 6.32. The Morgan fingerprint density at radius 1 is 1.15 bits per heavy atom. The van der Waals surface area contributed by atoms with Crippen molar-refractivity contribution in [3.05, 3.63) is 0 Å². The highest BCUT2D eigenvalue weighted by Crippen LogP contribution is 2.29. The quantitative estimate of drug-likeness (QED) is 0.529. The minimum Gasteiger partial charge on any atom is -0.367 e. The van der Waals surface area contributed by atoms with Gasteiger partial charge in [-0.25, -0.2) is 0 Å². The molecule has 2 unspecified atom stereocenters. The third kappa shape index (κ3) is 3.24. The van der Waals surface area contributed by atoms with Crippen LogP contribution in [0.1, 0.15) is 6.92 Å². The summed E-state index contributed by atoms with van der Waals surface area (Å²) >= 11 is 5.60. The Balaban J connectivity index is 2.57. The molecule has 4 nitrogen and oxygen atoms in total. The van der Waals surface area contributed by atoms with Crippen molar-refractivity contribution >= 4 is 69.0 Å². The van der Waals surface area contributed by atoms with Gasteiger partial charge >= 0.3 is 0 Å². The minimum atomic E-state index is -0.0535. The molecule has 0 N–H and O–H groups in total. The van der Waals surface area contributed by atoms with Gasteiger partial charge in [-0.15, -0.1) is 0 Å². The molecule has 1 fully saturated rings. The van der Waals surface area contributed by atoms with E-state index in [4.69, 9.17) is 13.9 Å². The molecule has 0 aromatic rings. The zero-order chi connectivity index (χ0) is 9.84. The second-order valence-electron chi connectivity index (χ2n) is 2.76. The minimum absolute atomic E-state index is 0.0194. The summed E-state index contributed by atoms with van der Waals surface area (Å²) < 4.78 is 21.2. The van der Waals surface area contributed by atoms with Gasteiger partial charge < -0.3 is 13.9 Å². The van der Waals surface area contributed by atoms with E-state index in [-0.39, 0.29) is 24.4 Å². The zero-order valence-electron chi connectivity index (χ0n) is 6.78. The lowest BCUT2D eigenvalue weighted by atomic mass is 10.1. The molecule has 0 spiro atoms. The normalized spacial score (nSPS) is 39.7. The molecule has 0 radical (unpaired) electrons. The van der Waals surface area contributed by atoms with Gasteiger partial charge in [-0.3, -0.25) is 0 Å². The van der Waals surface area contributed by atoms with Crippen molar-refractivity contribution in [3.8, 4) is 0 Å². The van der Waals surface area contributed by atoms with Gasteiger partial charge in [0.2, 0.25) is 0 Å². The highest BCUT2D eigenvalue weighted by atomic mass is 127. The first-order valence-electron chi connectivity index (χ1n) is 3.68. The molecule has 0 amide bonds. The third-order valence-electron chi connectivity index (χ3n) is 1.98. The van der Waals surface area contributed by atoms with Crippen molar-refractivity contribution in [2.75, 3.05) is 6.61 Å². The second-order valence-corrected chi connectivity index (χ2v) is 4.40. The Morgan fingerprint density at radius 3 is 2.23 bits per heavy atom. The molecule has 1 aliphatic heterocycles. The fourth-order valence-electron chi connectivity index (χ4n) is 1.34. The average molecular weight is 526 g/mol. The van der Waals surface area contributed by atoms with Crippen LogP contribution in [0, 0.1) is 0 Å². The van der Waals surface area contributed by atoms with Gasteiger partial charge in [-0.1, -0.05) is 0 Å². The molecular formula is C6H9I3O4. The Kier molecular flexibility index (Phi) is 6.63. The van der Waals surface area contributed by atoms with Crippen LogP contribution in [0.2, 0.25) is 0 Å². The summed E-state index contributed by atoms with van der Waals surface area (Å²) in [4.78, 5) is 0. The molecule has 13 heavy (non-hydrogen) atoms. The number of hydrogen-bond acceptors (Lipinski definition) is 4. The van der Waals surface area contributed by atoms with Crippen LogP contribution in [0.4, 0.5) is 0 Å². The maximum atomic E-state index is 5.62. The van der Waals surface area contributed by atoms with E-state index in [0.29, 0.717) is 6.61 Å². The van der Waals surface area contributed by atoms with Gasteiger partial charge in [-0.2, -0.15) is 0 Å². The molecule has 0 aliphatic carbocycles. The van der Waals surface area contributed by atoms with E-state index < -0.39 is 0 Å². The van der Waals surface area contributed by atoms with Crippen molar-refractivity contribution in [3.63, 3.8) is 0 Å². The molecular weight excluding hydrogens is 517 g/mol. The summed E-state index contributed by atoms with van der Waals surface area (Å²) in [6.45, 7) is 2.49. The Bertz CT molecular complexity index is 159. The maximum absolute atomic E-state index is 5.62. The standard InChI is InChI=1S/C6H9I3O4/c1-3-5(12-8)6(13-9)4(11-3)2-10-7/h3-6H,2H2,1H3/t3-,4+,5?,6?/m0/s1. The molecule has 0 saturated carbocycles. The first-order chi connectivity index (χ1) is 6.24. The Hall–Kier alpha value is 2.03. The van der Waals surface area contributed by atoms with Crippen molar-refractivity contribution in [1.82, 2.24) is 0 Å². The van der Waals surface area contributed by atoms with E-state index in [9.17, 15) is 0 Å². The average Bonchev–Trinajstić information content (AvgIpc) is 2.41. The predicted molar refractivity (Wildman–Crippen MR) is 72.1 cm³/mol. The van der Waals surface area contributed by atoms with Crippen molar-refractivity contribution < 1.29 is 13.9 Å². The molecule has 1 heterocycles. The fourth-order valence-corrected chi connectivity index (χ4v) is 3.01. The topological polar surface area (TPSA) is 36.9 Å². The summed E-state index contributed by atoms with van der Waals surface area (Å²) in [5.74, 6) is 0. The summed E-state index contributed by atoms with van der Waals surface area (Å²) in [5.41, 5.74) is 0. The summed E-state index contributed by atoms with van der Waals surface area (Å²) in [5, 5.41) is 0. The number of hydrogen-bond donors (Lipinski definition) is 0. The number of halogens is 3. The van der Waals surface area contributed by atoms with Crippen LogP contribution in [-0.4, -0.2) is 31.0 Å².